The second-order valence-corrected chi connectivity index (χ2v) is 4.60. The lowest BCUT2D eigenvalue weighted by atomic mass is 9.99. The van der Waals surface area contributed by atoms with E-state index in [-0.39, 0.29) is 5.92 Å². The molecule has 0 spiro atoms. The van der Waals surface area contributed by atoms with Crippen LogP contribution in [0.5, 0.6) is 0 Å². The molecule has 0 aliphatic rings. The molecule has 2 N–H and O–H groups in total. The van der Waals surface area contributed by atoms with Crippen LogP contribution in [-0.2, 0) is 4.79 Å². The number of aliphatic carboxylic acids is 1. The maximum absolute atomic E-state index is 11.8. The van der Waals surface area contributed by atoms with E-state index in [1.807, 2.05) is 26.0 Å². The molecule has 5 nitrogen and oxygen atoms in total. The predicted octanol–water partition coefficient (Wildman–Crippen LogP) is 1.28. The third-order valence-electron chi connectivity index (χ3n) is 3.15. The fourth-order valence-electron chi connectivity index (χ4n) is 1.68. The molecule has 19 heavy (non-hydrogen) atoms. The van der Waals surface area contributed by atoms with Crippen molar-refractivity contribution in [2.45, 2.75) is 33.2 Å². The number of anilines is 1. The van der Waals surface area contributed by atoms with Crippen LogP contribution < -0.4 is 15.7 Å². The summed E-state index contributed by atoms with van der Waals surface area (Å²) >= 11 is 0. The molecule has 0 unspecified atom stereocenters. The Balaban J connectivity index is 2.68. The second-order valence-electron chi connectivity index (χ2n) is 4.60. The Morgan fingerprint density at radius 2 is 1.95 bits per heavy atom. The van der Waals surface area contributed by atoms with Crippen molar-refractivity contribution in [1.82, 2.24) is 5.32 Å². The zero-order valence-electron chi connectivity index (χ0n) is 11.4. The van der Waals surface area contributed by atoms with E-state index in [1.165, 1.54) is 0 Å². The quantitative estimate of drug-likeness (QED) is 0.839. The normalized spacial score (nSPS) is 13.4. The average Bonchev–Trinajstić information content (AvgIpc) is 2.37. The van der Waals surface area contributed by atoms with E-state index in [9.17, 15) is 14.7 Å². The molecule has 0 radical (unpaired) electrons. The minimum absolute atomic E-state index is 0.187. The summed E-state index contributed by atoms with van der Waals surface area (Å²) in [6.45, 7) is 5.48. The molecule has 5 heteroatoms. The van der Waals surface area contributed by atoms with Crippen LogP contribution in [0.3, 0.4) is 0 Å². The van der Waals surface area contributed by atoms with Gasteiger partial charge >= 0.3 is 6.03 Å². The minimum atomic E-state index is -1.27. The molecular weight excluding hydrogens is 244 g/mol. The van der Waals surface area contributed by atoms with Crippen LogP contribution in [0.2, 0.25) is 0 Å². The first-order valence-electron chi connectivity index (χ1n) is 6.29. The van der Waals surface area contributed by atoms with E-state index in [4.69, 9.17) is 0 Å². The van der Waals surface area contributed by atoms with Crippen molar-refractivity contribution in [3.05, 3.63) is 29.8 Å². The molecule has 1 aromatic rings. The standard InChI is InChI=1S/C14H20N2O3/c1-4-9(2)12(13(17)18)16-14(19)15-11-8-6-5-7-10(11)3/h5-9,12H,4H2,1-3H3,(H,17,18)(H2,15,16,19)/p-1/t9-,12+/m1/s1. The van der Waals surface area contributed by atoms with Crippen LogP contribution in [0.1, 0.15) is 25.8 Å². The SMILES string of the molecule is CC[C@@H](C)[C@H](NC(=O)Nc1ccccc1C)C(=O)[O-]. The number of carboxylic acid groups (broad SMARTS) is 1. The largest absolute Gasteiger partial charge is 0.548 e. The molecule has 0 heterocycles. The predicted molar refractivity (Wildman–Crippen MR) is 71.6 cm³/mol. The Bertz CT molecular complexity index is 460. The van der Waals surface area contributed by atoms with Crippen LogP contribution in [-0.4, -0.2) is 18.0 Å². The molecule has 0 saturated carbocycles. The zero-order chi connectivity index (χ0) is 14.4. The fourth-order valence-corrected chi connectivity index (χ4v) is 1.68. The first-order valence-corrected chi connectivity index (χ1v) is 6.29. The number of rotatable bonds is 5. The van der Waals surface area contributed by atoms with E-state index < -0.39 is 18.0 Å². The van der Waals surface area contributed by atoms with E-state index in [0.717, 1.165) is 5.56 Å². The zero-order valence-corrected chi connectivity index (χ0v) is 11.4. The van der Waals surface area contributed by atoms with Gasteiger partial charge < -0.3 is 20.5 Å². The van der Waals surface area contributed by atoms with Gasteiger partial charge in [0.1, 0.15) is 0 Å². The number of carbonyl (C=O) groups is 2. The smallest absolute Gasteiger partial charge is 0.319 e. The maximum atomic E-state index is 11.8. The number of amides is 2. The number of urea groups is 1. The van der Waals surface area contributed by atoms with Gasteiger partial charge in [-0.15, -0.1) is 0 Å². The van der Waals surface area contributed by atoms with Gasteiger partial charge in [0, 0.05) is 5.69 Å². The summed E-state index contributed by atoms with van der Waals surface area (Å²) in [7, 11) is 0. The third-order valence-corrected chi connectivity index (χ3v) is 3.15. The van der Waals surface area contributed by atoms with Gasteiger partial charge in [-0.2, -0.15) is 0 Å². The fraction of sp³-hybridized carbons (Fsp3) is 0.429. The van der Waals surface area contributed by atoms with E-state index >= 15 is 0 Å². The van der Waals surface area contributed by atoms with Gasteiger partial charge in [-0.25, -0.2) is 4.79 Å². The molecule has 0 aliphatic carbocycles. The number of carbonyl (C=O) groups excluding carboxylic acids is 2. The third kappa shape index (κ3) is 4.28. The lowest BCUT2D eigenvalue weighted by Gasteiger charge is -2.25. The van der Waals surface area contributed by atoms with Gasteiger partial charge in [0.05, 0.1) is 12.0 Å². The van der Waals surface area contributed by atoms with Crippen LogP contribution in [0.15, 0.2) is 24.3 Å². The van der Waals surface area contributed by atoms with Crippen molar-refractivity contribution in [3.8, 4) is 0 Å². The van der Waals surface area contributed by atoms with E-state index in [0.29, 0.717) is 12.1 Å². The van der Waals surface area contributed by atoms with Gasteiger partial charge in [0.15, 0.2) is 0 Å². The van der Waals surface area contributed by atoms with Gasteiger partial charge in [0.25, 0.3) is 0 Å². The number of benzene rings is 1. The highest BCUT2D eigenvalue weighted by atomic mass is 16.4. The molecule has 104 valence electrons. The molecule has 0 aromatic heterocycles. The Morgan fingerprint density at radius 3 is 2.47 bits per heavy atom. The lowest BCUT2D eigenvalue weighted by Crippen LogP contribution is -2.52. The lowest BCUT2D eigenvalue weighted by molar-refractivity contribution is -0.309. The molecule has 2 atom stereocenters. The summed E-state index contributed by atoms with van der Waals surface area (Å²) in [6, 6.07) is 5.75. The van der Waals surface area contributed by atoms with Crippen molar-refractivity contribution in [1.29, 1.82) is 0 Å². The van der Waals surface area contributed by atoms with Crippen molar-refractivity contribution in [3.63, 3.8) is 0 Å². The molecule has 1 rings (SSSR count). The molecule has 0 bridgehead atoms. The van der Waals surface area contributed by atoms with E-state index in [1.54, 1.807) is 19.1 Å². The van der Waals surface area contributed by atoms with Gasteiger partial charge in [-0.3, -0.25) is 0 Å². The van der Waals surface area contributed by atoms with Gasteiger partial charge in [-0.05, 0) is 24.5 Å². The van der Waals surface area contributed by atoms with Crippen LogP contribution in [0.25, 0.3) is 0 Å². The highest BCUT2D eigenvalue weighted by Gasteiger charge is 2.19. The van der Waals surface area contributed by atoms with Crippen LogP contribution >= 0.6 is 0 Å². The van der Waals surface area contributed by atoms with Crippen molar-refractivity contribution in [2.24, 2.45) is 5.92 Å². The Hall–Kier alpha value is -2.04. The molecule has 0 saturated heterocycles. The monoisotopic (exact) mass is 263 g/mol. The number of para-hydroxylation sites is 1. The maximum Gasteiger partial charge on any atom is 0.319 e. The molecule has 0 fully saturated rings. The highest BCUT2D eigenvalue weighted by molar-refractivity contribution is 5.92. The van der Waals surface area contributed by atoms with Crippen LogP contribution in [0.4, 0.5) is 10.5 Å². The summed E-state index contributed by atoms with van der Waals surface area (Å²) < 4.78 is 0. The topological polar surface area (TPSA) is 81.3 Å². The summed E-state index contributed by atoms with van der Waals surface area (Å²) in [5.74, 6) is -1.46. The first-order chi connectivity index (χ1) is 8.95. The summed E-state index contributed by atoms with van der Waals surface area (Å²) in [4.78, 5) is 22.8. The summed E-state index contributed by atoms with van der Waals surface area (Å²) in [6.07, 6.45) is 0.642. The number of hydrogen-bond acceptors (Lipinski definition) is 3. The first kappa shape index (κ1) is 15.0. The van der Waals surface area contributed by atoms with Crippen molar-refractivity contribution in [2.75, 3.05) is 5.32 Å². The highest BCUT2D eigenvalue weighted by Crippen LogP contribution is 2.13. The van der Waals surface area contributed by atoms with E-state index in [2.05, 4.69) is 10.6 Å². The molecule has 0 aliphatic heterocycles. The molecule has 1 aromatic carbocycles. The van der Waals surface area contributed by atoms with Crippen LogP contribution in [0, 0.1) is 12.8 Å². The number of aryl methyl sites for hydroxylation is 1. The van der Waals surface area contributed by atoms with Crippen molar-refractivity contribution < 1.29 is 14.7 Å². The average molecular weight is 263 g/mol. The second kappa shape index (κ2) is 6.78. The minimum Gasteiger partial charge on any atom is -0.548 e. The van der Waals surface area contributed by atoms with Gasteiger partial charge in [-0.1, -0.05) is 38.5 Å². The van der Waals surface area contributed by atoms with Crippen molar-refractivity contribution >= 4 is 17.7 Å². The molecular formula is C14H19N2O3-. The Kier molecular flexibility index (Phi) is 5.36. The number of nitrogens with one attached hydrogen (secondary N) is 2. The summed E-state index contributed by atoms with van der Waals surface area (Å²) in [5, 5.41) is 16.1. The number of hydrogen-bond donors (Lipinski definition) is 2. The molecule has 2 amide bonds. The summed E-state index contributed by atoms with van der Waals surface area (Å²) in [5.41, 5.74) is 1.56. The Labute approximate surface area is 113 Å². The Morgan fingerprint density at radius 1 is 1.32 bits per heavy atom. The number of carboxylic acids is 1. The van der Waals surface area contributed by atoms with Gasteiger partial charge in [0.2, 0.25) is 0 Å².